The fraction of sp³-hybridized carbons (Fsp3) is 0.375. The Balaban J connectivity index is 1.85. The van der Waals surface area contributed by atoms with Crippen molar-refractivity contribution in [2.75, 3.05) is 13.2 Å². The number of hydrogen-bond acceptors (Lipinski definition) is 4. The Kier molecular flexibility index (Phi) is 5.99. The molecule has 0 aliphatic carbocycles. The fourth-order valence-corrected chi connectivity index (χ4v) is 1.90. The first-order chi connectivity index (χ1) is 9.90. The standard InChI is InChI=1S/C16H21N3O/c1-2-8-17-12-14-6-10-18-13-16(14)20-11-7-15-5-3-4-9-19-15/h3-6,9-10,13,17H,2,7-8,11-12H2,1H3. The van der Waals surface area contributed by atoms with Crippen molar-refractivity contribution in [2.45, 2.75) is 26.3 Å². The highest BCUT2D eigenvalue weighted by molar-refractivity contribution is 5.29. The van der Waals surface area contributed by atoms with Gasteiger partial charge in [0.15, 0.2) is 0 Å². The van der Waals surface area contributed by atoms with Crippen LogP contribution in [0.1, 0.15) is 24.6 Å². The molecule has 0 bridgehead atoms. The maximum Gasteiger partial charge on any atom is 0.142 e. The molecular weight excluding hydrogens is 250 g/mol. The molecule has 0 fully saturated rings. The number of rotatable bonds is 8. The van der Waals surface area contributed by atoms with Gasteiger partial charge in [-0.2, -0.15) is 0 Å². The van der Waals surface area contributed by atoms with Gasteiger partial charge in [-0.1, -0.05) is 13.0 Å². The van der Waals surface area contributed by atoms with E-state index in [4.69, 9.17) is 4.74 Å². The quantitative estimate of drug-likeness (QED) is 0.750. The summed E-state index contributed by atoms with van der Waals surface area (Å²) < 4.78 is 5.83. The second kappa shape index (κ2) is 8.27. The highest BCUT2D eigenvalue weighted by Crippen LogP contribution is 2.16. The van der Waals surface area contributed by atoms with E-state index in [1.54, 1.807) is 18.6 Å². The summed E-state index contributed by atoms with van der Waals surface area (Å²) in [6, 6.07) is 7.92. The predicted octanol–water partition coefficient (Wildman–Crippen LogP) is 2.60. The molecule has 106 valence electrons. The van der Waals surface area contributed by atoms with Gasteiger partial charge in [0.2, 0.25) is 0 Å². The van der Waals surface area contributed by atoms with Crippen molar-refractivity contribution in [2.24, 2.45) is 0 Å². The van der Waals surface area contributed by atoms with Crippen molar-refractivity contribution < 1.29 is 4.74 Å². The first-order valence-electron chi connectivity index (χ1n) is 7.06. The predicted molar refractivity (Wildman–Crippen MR) is 79.7 cm³/mol. The van der Waals surface area contributed by atoms with Crippen molar-refractivity contribution in [3.63, 3.8) is 0 Å². The molecule has 0 aliphatic rings. The molecule has 0 aliphatic heterocycles. The van der Waals surface area contributed by atoms with Gasteiger partial charge in [0.25, 0.3) is 0 Å². The normalized spacial score (nSPS) is 10.4. The monoisotopic (exact) mass is 271 g/mol. The van der Waals surface area contributed by atoms with Crippen molar-refractivity contribution in [1.82, 2.24) is 15.3 Å². The largest absolute Gasteiger partial charge is 0.491 e. The van der Waals surface area contributed by atoms with E-state index in [9.17, 15) is 0 Å². The zero-order valence-corrected chi connectivity index (χ0v) is 11.9. The van der Waals surface area contributed by atoms with Gasteiger partial charge in [-0.05, 0) is 31.2 Å². The molecule has 2 heterocycles. The summed E-state index contributed by atoms with van der Waals surface area (Å²) in [6.07, 6.45) is 7.31. The van der Waals surface area contributed by atoms with Crippen molar-refractivity contribution >= 4 is 0 Å². The lowest BCUT2D eigenvalue weighted by molar-refractivity contribution is 0.315. The number of aromatic nitrogens is 2. The minimum atomic E-state index is 0.615. The summed E-state index contributed by atoms with van der Waals surface area (Å²) in [4.78, 5) is 8.42. The lowest BCUT2D eigenvalue weighted by atomic mass is 10.2. The van der Waals surface area contributed by atoms with Gasteiger partial charge in [-0.25, -0.2) is 0 Å². The molecule has 20 heavy (non-hydrogen) atoms. The third kappa shape index (κ3) is 4.63. The van der Waals surface area contributed by atoms with Crippen LogP contribution in [0.3, 0.4) is 0 Å². The van der Waals surface area contributed by atoms with Crippen LogP contribution in [-0.2, 0) is 13.0 Å². The van der Waals surface area contributed by atoms with Crippen LogP contribution >= 0.6 is 0 Å². The Morgan fingerprint density at radius 3 is 2.95 bits per heavy atom. The van der Waals surface area contributed by atoms with E-state index in [-0.39, 0.29) is 0 Å². The second-order valence-corrected chi connectivity index (χ2v) is 4.58. The second-order valence-electron chi connectivity index (χ2n) is 4.58. The molecule has 1 N–H and O–H groups in total. The van der Waals surface area contributed by atoms with Crippen LogP contribution in [0.25, 0.3) is 0 Å². The van der Waals surface area contributed by atoms with Crippen molar-refractivity contribution in [3.8, 4) is 5.75 Å². The third-order valence-corrected chi connectivity index (χ3v) is 2.95. The molecule has 0 aromatic carbocycles. The molecule has 4 heteroatoms. The van der Waals surface area contributed by atoms with Gasteiger partial charge >= 0.3 is 0 Å². The lowest BCUT2D eigenvalue weighted by Crippen LogP contribution is -2.15. The first kappa shape index (κ1) is 14.5. The molecule has 0 unspecified atom stereocenters. The number of pyridine rings is 2. The summed E-state index contributed by atoms with van der Waals surface area (Å²) in [7, 11) is 0. The summed E-state index contributed by atoms with van der Waals surface area (Å²) in [6.45, 7) is 4.60. The smallest absolute Gasteiger partial charge is 0.142 e. The van der Waals surface area contributed by atoms with E-state index in [1.165, 1.54) is 0 Å². The molecule has 2 aromatic heterocycles. The van der Waals surface area contributed by atoms with Crippen LogP contribution < -0.4 is 10.1 Å². The number of hydrogen-bond donors (Lipinski definition) is 1. The van der Waals surface area contributed by atoms with Crippen molar-refractivity contribution in [3.05, 3.63) is 54.1 Å². The molecule has 0 saturated heterocycles. The van der Waals surface area contributed by atoms with Crippen LogP contribution in [0.2, 0.25) is 0 Å². The average molecular weight is 271 g/mol. The maximum atomic E-state index is 5.83. The highest BCUT2D eigenvalue weighted by Gasteiger charge is 2.03. The third-order valence-electron chi connectivity index (χ3n) is 2.95. The zero-order chi connectivity index (χ0) is 14.0. The van der Waals surface area contributed by atoms with Gasteiger partial charge in [0, 0.05) is 36.6 Å². The summed E-state index contributed by atoms with van der Waals surface area (Å²) in [5.41, 5.74) is 2.19. The summed E-state index contributed by atoms with van der Waals surface area (Å²) >= 11 is 0. The Bertz CT molecular complexity index is 502. The Morgan fingerprint density at radius 2 is 2.15 bits per heavy atom. The van der Waals surface area contributed by atoms with E-state index in [0.29, 0.717) is 6.61 Å². The molecular formula is C16H21N3O. The minimum Gasteiger partial charge on any atom is -0.491 e. The van der Waals surface area contributed by atoms with E-state index in [1.807, 2.05) is 24.3 Å². The highest BCUT2D eigenvalue weighted by atomic mass is 16.5. The molecule has 0 spiro atoms. The number of ether oxygens (including phenoxy) is 1. The Labute approximate surface area is 120 Å². The topological polar surface area (TPSA) is 47.0 Å². The SMILES string of the molecule is CCCNCc1ccncc1OCCc1ccccn1. The Hall–Kier alpha value is -1.94. The van der Waals surface area contributed by atoms with Gasteiger partial charge in [-0.15, -0.1) is 0 Å². The molecule has 2 aromatic rings. The molecule has 0 amide bonds. The van der Waals surface area contributed by atoms with E-state index in [0.717, 1.165) is 42.9 Å². The average Bonchev–Trinajstić information content (AvgIpc) is 2.50. The van der Waals surface area contributed by atoms with Crippen LogP contribution in [0, 0.1) is 0 Å². The van der Waals surface area contributed by atoms with Crippen LogP contribution in [0.15, 0.2) is 42.9 Å². The molecule has 0 saturated carbocycles. The van der Waals surface area contributed by atoms with E-state index < -0.39 is 0 Å². The van der Waals surface area contributed by atoms with E-state index in [2.05, 4.69) is 22.2 Å². The fourth-order valence-electron chi connectivity index (χ4n) is 1.90. The summed E-state index contributed by atoms with van der Waals surface area (Å²) in [5.74, 6) is 0.854. The maximum absolute atomic E-state index is 5.83. The summed E-state index contributed by atoms with van der Waals surface area (Å²) in [5, 5.41) is 3.38. The molecule has 0 atom stereocenters. The molecule has 2 rings (SSSR count). The lowest BCUT2D eigenvalue weighted by Gasteiger charge is -2.11. The zero-order valence-electron chi connectivity index (χ0n) is 11.9. The van der Waals surface area contributed by atoms with E-state index >= 15 is 0 Å². The molecule has 0 radical (unpaired) electrons. The molecule has 4 nitrogen and oxygen atoms in total. The number of nitrogens with one attached hydrogen (secondary N) is 1. The van der Waals surface area contributed by atoms with Gasteiger partial charge in [0.05, 0.1) is 12.8 Å². The minimum absolute atomic E-state index is 0.615. The number of nitrogens with zero attached hydrogens (tertiary/aromatic N) is 2. The van der Waals surface area contributed by atoms with Crippen LogP contribution in [0.4, 0.5) is 0 Å². The first-order valence-corrected chi connectivity index (χ1v) is 7.06. The van der Waals surface area contributed by atoms with Gasteiger partial charge in [0.1, 0.15) is 5.75 Å². The van der Waals surface area contributed by atoms with Crippen LogP contribution in [-0.4, -0.2) is 23.1 Å². The van der Waals surface area contributed by atoms with Crippen molar-refractivity contribution in [1.29, 1.82) is 0 Å². The van der Waals surface area contributed by atoms with Gasteiger partial charge < -0.3 is 10.1 Å². The Morgan fingerprint density at radius 1 is 1.20 bits per heavy atom. The van der Waals surface area contributed by atoms with Crippen LogP contribution in [0.5, 0.6) is 5.75 Å². The van der Waals surface area contributed by atoms with Gasteiger partial charge in [-0.3, -0.25) is 9.97 Å².